The van der Waals surface area contributed by atoms with Gasteiger partial charge in [0.1, 0.15) is 0 Å². The second-order valence-corrected chi connectivity index (χ2v) is 4.55. The van der Waals surface area contributed by atoms with Crippen LogP contribution >= 0.6 is 0 Å². The SMILES string of the molecule is CCCCCn1nnnc1CNCC(C)C. The van der Waals surface area contributed by atoms with Crippen molar-refractivity contribution in [2.24, 2.45) is 5.92 Å². The summed E-state index contributed by atoms with van der Waals surface area (Å²) < 4.78 is 1.91. The summed E-state index contributed by atoms with van der Waals surface area (Å²) in [5.41, 5.74) is 0. The van der Waals surface area contributed by atoms with Crippen LogP contribution in [-0.2, 0) is 13.1 Å². The molecule has 0 radical (unpaired) electrons. The molecule has 1 heterocycles. The van der Waals surface area contributed by atoms with Crippen LogP contribution in [0.2, 0.25) is 0 Å². The Morgan fingerprint density at radius 2 is 2.12 bits per heavy atom. The molecule has 0 aliphatic rings. The van der Waals surface area contributed by atoms with Crippen molar-refractivity contribution in [2.75, 3.05) is 6.54 Å². The second kappa shape index (κ2) is 7.33. The van der Waals surface area contributed by atoms with Crippen LogP contribution in [0.15, 0.2) is 0 Å². The number of nitrogens with zero attached hydrogens (tertiary/aromatic N) is 4. The molecular weight excluding hydrogens is 202 g/mol. The molecule has 0 aliphatic carbocycles. The van der Waals surface area contributed by atoms with Crippen LogP contribution in [0.5, 0.6) is 0 Å². The number of tetrazole rings is 1. The molecular formula is C11H23N5. The Kier molecular flexibility index (Phi) is 6.00. The predicted molar refractivity (Wildman–Crippen MR) is 63.9 cm³/mol. The molecule has 1 rings (SSSR count). The van der Waals surface area contributed by atoms with Crippen molar-refractivity contribution in [1.82, 2.24) is 25.5 Å². The van der Waals surface area contributed by atoms with Gasteiger partial charge in [0.25, 0.3) is 0 Å². The minimum Gasteiger partial charge on any atom is -0.310 e. The smallest absolute Gasteiger partial charge is 0.165 e. The van der Waals surface area contributed by atoms with Crippen molar-refractivity contribution >= 4 is 0 Å². The highest BCUT2D eigenvalue weighted by atomic mass is 15.5. The lowest BCUT2D eigenvalue weighted by Crippen LogP contribution is -2.21. The van der Waals surface area contributed by atoms with Crippen molar-refractivity contribution in [3.05, 3.63) is 5.82 Å². The molecule has 0 saturated carbocycles. The third-order valence-electron chi connectivity index (χ3n) is 2.42. The monoisotopic (exact) mass is 225 g/mol. The Morgan fingerprint density at radius 3 is 2.81 bits per heavy atom. The van der Waals surface area contributed by atoms with Crippen molar-refractivity contribution < 1.29 is 0 Å². The maximum absolute atomic E-state index is 4.03. The molecule has 5 heteroatoms. The van der Waals surface area contributed by atoms with Crippen LogP contribution in [0.4, 0.5) is 0 Å². The number of aryl methyl sites for hydroxylation is 1. The number of nitrogens with one attached hydrogen (secondary N) is 1. The Labute approximate surface area is 97.6 Å². The standard InChI is InChI=1S/C11H23N5/c1-4-5-6-7-16-11(13-14-15-16)9-12-8-10(2)3/h10,12H,4-9H2,1-3H3. The Morgan fingerprint density at radius 1 is 1.31 bits per heavy atom. The molecule has 0 fully saturated rings. The van der Waals surface area contributed by atoms with Crippen molar-refractivity contribution in [3.8, 4) is 0 Å². The lowest BCUT2D eigenvalue weighted by atomic mass is 10.2. The first-order chi connectivity index (χ1) is 7.74. The first-order valence-electron chi connectivity index (χ1n) is 6.19. The van der Waals surface area contributed by atoms with E-state index in [0.29, 0.717) is 5.92 Å². The minimum atomic E-state index is 0.657. The zero-order chi connectivity index (χ0) is 11.8. The van der Waals surface area contributed by atoms with Gasteiger partial charge < -0.3 is 5.32 Å². The van der Waals surface area contributed by atoms with E-state index < -0.39 is 0 Å². The van der Waals surface area contributed by atoms with Gasteiger partial charge >= 0.3 is 0 Å². The van der Waals surface area contributed by atoms with Gasteiger partial charge in [0.15, 0.2) is 5.82 Å². The van der Waals surface area contributed by atoms with Crippen LogP contribution in [0.25, 0.3) is 0 Å². The fraction of sp³-hybridized carbons (Fsp3) is 0.909. The molecule has 0 amide bonds. The van der Waals surface area contributed by atoms with Gasteiger partial charge in [-0.05, 0) is 29.3 Å². The van der Waals surface area contributed by atoms with Gasteiger partial charge in [-0.15, -0.1) is 5.10 Å². The van der Waals surface area contributed by atoms with E-state index in [0.717, 1.165) is 31.9 Å². The van der Waals surface area contributed by atoms with Gasteiger partial charge in [-0.3, -0.25) is 0 Å². The normalized spacial score (nSPS) is 11.2. The first kappa shape index (κ1) is 13.1. The van der Waals surface area contributed by atoms with E-state index in [9.17, 15) is 0 Å². The van der Waals surface area contributed by atoms with E-state index in [1.807, 2.05) is 4.68 Å². The van der Waals surface area contributed by atoms with Crippen LogP contribution in [0, 0.1) is 5.92 Å². The topological polar surface area (TPSA) is 55.6 Å². The Balaban J connectivity index is 2.32. The fourth-order valence-corrected chi connectivity index (χ4v) is 1.51. The van der Waals surface area contributed by atoms with E-state index in [1.54, 1.807) is 0 Å². The Bertz CT molecular complexity index is 282. The lowest BCUT2D eigenvalue weighted by molar-refractivity contribution is 0.490. The maximum atomic E-state index is 4.03. The van der Waals surface area contributed by atoms with E-state index in [1.165, 1.54) is 12.8 Å². The summed E-state index contributed by atoms with van der Waals surface area (Å²) in [5.74, 6) is 1.60. The summed E-state index contributed by atoms with van der Waals surface area (Å²) in [6.45, 7) is 9.28. The number of rotatable bonds is 8. The molecule has 0 aromatic carbocycles. The average Bonchev–Trinajstić information content (AvgIpc) is 2.66. The third-order valence-corrected chi connectivity index (χ3v) is 2.42. The summed E-state index contributed by atoms with van der Waals surface area (Å²) >= 11 is 0. The van der Waals surface area contributed by atoms with E-state index >= 15 is 0 Å². The molecule has 1 aromatic heterocycles. The highest BCUT2D eigenvalue weighted by Crippen LogP contribution is 1.99. The van der Waals surface area contributed by atoms with Crippen LogP contribution in [-0.4, -0.2) is 26.8 Å². The molecule has 0 saturated heterocycles. The molecule has 0 unspecified atom stereocenters. The summed E-state index contributed by atoms with van der Waals surface area (Å²) in [7, 11) is 0. The second-order valence-electron chi connectivity index (χ2n) is 4.55. The molecule has 0 spiro atoms. The van der Waals surface area contributed by atoms with Crippen molar-refractivity contribution in [1.29, 1.82) is 0 Å². The largest absolute Gasteiger partial charge is 0.310 e. The number of aromatic nitrogens is 4. The molecule has 0 atom stereocenters. The molecule has 16 heavy (non-hydrogen) atoms. The van der Waals surface area contributed by atoms with E-state index in [4.69, 9.17) is 0 Å². The highest BCUT2D eigenvalue weighted by molar-refractivity contribution is 4.79. The molecule has 0 bridgehead atoms. The number of hydrogen-bond acceptors (Lipinski definition) is 4. The summed E-state index contributed by atoms with van der Waals surface area (Å²) in [6.07, 6.45) is 3.61. The molecule has 92 valence electrons. The van der Waals surface area contributed by atoms with Gasteiger partial charge in [-0.1, -0.05) is 33.6 Å². The third kappa shape index (κ3) is 4.70. The van der Waals surface area contributed by atoms with Crippen LogP contribution < -0.4 is 5.32 Å². The number of unbranched alkanes of at least 4 members (excludes halogenated alkanes) is 2. The predicted octanol–water partition coefficient (Wildman–Crippen LogP) is 1.61. The van der Waals surface area contributed by atoms with Gasteiger partial charge in [0, 0.05) is 6.54 Å². The van der Waals surface area contributed by atoms with Crippen molar-refractivity contribution in [2.45, 2.75) is 53.1 Å². The fourth-order valence-electron chi connectivity index (χ4n) is 1.51. The average molecular weight is 225 g/mol. The summed E-state index contributed by atoms with van der Waals surface area (Å²) in [4.78, 5) is 0. The molecule has 1 aromatic rings. The van der Waals surface area contributed by atoms with E-state index in [-0.39, 0.29) is 0 Å². The lowest BCUT2D eigenvalue weighted by Gasteiger charge is -2.07. The Hall–Kier alpha value is -0.970. The molecule has 1 N–H and O–H groups in total. The van der Waals surface area contributed by atoms with Crippen LogP contribution in [0.1, 0.15) is 45.9 Å². The zero-order valence-electron chi connectivity index (χ0n) is 10.6. The summed E-state index contributed by atoms with van der Waals surface area (Å²) in [6, 6.07) is 0. The van der Waals surface area contributed by atoms with Gasteiger partial charge in [-0.2, -0.15) is 0 Å². The minimum absolute atomic E-state index is 0.657. The quantitative estimate of drug-likeness (QED) is 0.683. The van der Waals surface area contributed by atoms with Crippen molar-refractivity contribution in [3.63, 3.8) is 0 Å². The van der Waals surface area contributed by atoms with Gasteiger partial charge in [-0.25, -0.2) is 4.68 Å². The molecule has 5 nitrogen and oxygen atoms in total. The van der Waals surface area contributed by atoms with Crippen LogP contribution in [0.3, 0.4) is 0 Å². The maximum Gasteiger partial charge on any atom is 0.165 e. The van der Waals surface area contributed by atoms with E-state index in [2.05, 4.69) is 41.6 Å². The highest BCUT2D eigenvalue weighted by Gasteiger charge is 2.05. The number of hydrogen-bond donors (Lipinski definition) is 1. The molecule has 0 aliphatic heterocycles. The van der Waals surface area contributed by atoms with Gasteiger partial charge in [0.2, 0.25) is 0 Å². The summed E-state index contributed by atoms with van der Waals surface area (Å²) in [5, 5.41) is 15.1. The zero-order valence-corrected chi connectivity index (χ0v) is 10.6. The first-order valence-corrected chi connectivity index (χ1v) is 6.19. The van der Waals surface area contributed by atoms with Gasteiger partial charge in [0.05, 0.1) is 6.54 Å².